The number of pyridine rings is 1. The summed E-state index contributed by atoms with van der Waals surface area (Å²) in [6, 6.07) is 11.3. The van der Waals surface area contributed by atoms with Crippen molar-refractivity contribution < 1.29 is 0 Å². The Labute approximate surface area is 143 Å². The highest BCUT2D eigenvalue weighted by Crippen LogP contribution is 2.35. The van der Waals surface area contributed by atoms with Gasteiger partial charge >= 0.3 is 0 Å². The van der Waals surface area contributed by atoms with Crippen molar-refractivity contribution in [2.45, 2.75) is 0 Å². The topological polar surface area (TPSA) is 82.5 Å². The van der Waals surface area contributed by atoms with Crippen LogP contribution >= 0.6 is 11.6 Å². The first-order chi connectivity index (χ1) is 11.6. The predicted molar refractivity (Wildman–Crippen MR) is 94.4 cm³/mol. The maximum atomic E-state index is 6.18. The molecular formula is C17H13ClN6. The zero-order chi connectivity index (χ0) is 16.7. The minimum Gasteiger partial charge on any atom is -0.366 e. The zero-order valence-corrected chi connectivity index (χ0v) is 13.6. The van der Waals surface area contributed by atoms with Crippen LogP contribution in [0.5, 0.6) is 0 Å². The average Bonchev–Trinajstić information content (AvgIpc) is 2.91. The van der Waals surface area contributed by atoms with E-state index in [2.05, 4.69) is 20.2 Å². The summed E-state index contributed by atoms with van der Waals surface area (Å²) in [5, 5.41) is 9.74. The molecule has 6 nitrogen and oxygen atoms in total. The van der Waals surface area contributed by atoms with E-state index in [1.54, 1.807) is 6.20 Å². The van der Waals surface area contributed by atoms with Crippen LogP contribution in [0.15, 0.2) is 48.8 Å². The van der Waals surface area contributed by atoms with E-state index in [1.807, 2.05) is 54.2 Å². The van der Waals surface area contributed by atoms with Crippen molar-refractivity contribution in [1.29, 1.82) is 0 Å². The first-order valence-electron chi connectivity index (χ1n) is 7.30. The Balaban J connectivity index is 2.04. The molecule has 0 bridgehead atoms. The highest BCUT2D eigenvalue weighted by atomic mass is 35.5. The van der Waals surface area contributed by atoms with E-state index < -0.39 is 0 Å². The Morgan fingerprint density at radius 1 is 1.08 bits per heavy atom. The Morgan fingerprint density at radius 3 is 2.75 bits per heavy atom. The molecule has 0 aliphatic heterocycles. The molecule has 118 valence electrons. The van der Waals surface area contributed by atoms with Crippen molar-refractivity contribution in [1.82, 2.24) is 24.7 Å². The number of anilines is 1. The molecule has 24 heavy (non-hydrogen) atoms. The summed E-state index contributed by atoms with van der Waals surface area (Å²) in [4.78, 5) is 8.77. The number of halogens is 1. The molecule has 0 amide bonds. The summed E-state index contributed by atoms with van der Waals surface area (Å²) < 4.78 is 2.02. The van der Waals surface area contributed by atoms with Crippen molar-refractivity contribution in [3.05, 3.63) is 53.8 Å². The molecule has 0 atom stereocenters. The third-order valence-corrected chi connectivity index (χ3v) is 4.05. The maximum absolute atomic E-state index is 6.18. The van der Waals surface area contributed by atoms with Crippen molar-refractivity contribution in [2.24, 2.45) is 7.05 Å². The first kappa shape index (κ1) is 14.6. The fourth-order valence-corrected chi connectivity index (χ4v) is 2.93. The number of benzene rings is 1. The molecule has 2 N–H and O–H groups in total. The molecule has 3 heterocycles. The average molecular weight is 337 g/mol. The summed E-state index contributed by atoms with van der Waals surface area (Å²) in [7, 11) is 1.97. The molecule has 0 unspecified atom stereocenters. The van der Waals surface area contributed by atoms with Crippen LogP contribution in [-0.4, -0.2) is 24.7 Å². The van der Waals surface area contributed by atoms with Crippen LogP contribution in [0.4, 0.5) is 5.95 Å². The van der Waals surface area contributed by atoms with Crippen molar-refractivity contribution in [3.8, 4) is 22.6 Å². The fourth-order valence-electron chi connectivity index (χ4n) is 2.75. The van der Waals surface area contributed by atoms with Crippen LogP contribution in [-0.2, 0) is 7.05 Å². The quantitative estimate of drug-likeness (QED) is 0.607. The Bertz CT molecular complexity index is 1040. The van der Waals surface area contributed by atoms with E-state index in [1.165, 1.54) is 0 Å². The van der Waals surface area contributed by atoms with Gasteiger partial charge in [-0.1, -0.05) is 17.7 Å². The second kappa shape index (κ2) is 5.58. The molecule has 0 spiro atoms. The number of aromatic nitrogens is 5. The van der Waals surface area contributed by atoms with Gasteiger partial charge in [0.15, 0.2) is 0 Å². The van der Waals surface area contributed by atoms with E-state index in [0.717, 1.165) is 16.5 Å². The maximum Gasteiger partial charge on any atom is 0.240 e. The molecule has 0 aliphatic carbocycles. The molecule has 3 aromatic heterocycles. The zero-order valence-electron chi connectivity index (χ0n) is 12.8. The van der Waals surface area contributed by atoms with E-state index in [9.17, 15) is 0 Å². The molecule has 0 saturated carbocycles. The van der Waals surface area contributed by atoms with Crippen molar-refractivity contribution >= 4 is 28.5 Å². The number of nitrogens with two attached hydrogens (primary N) is 1. The van der Waals surface area contributed by atoms with Gasteiger partial charge in [-0.05, 0) is 30.3 Å². The number of hydrogen-bond acceptors (Lipinski definition) is 5. The summed E-state index contributed by atoms with van der Waals surface area (Å²) in [6.45, 7) is 0. The normalized spacial score (nSPS) is 11.1. The highest BCUT2D eigenvalue weighted by molar-refractivity contribution is 6.31. The fraction of sp³-hybridized carbons (Fsp3) is 0.0588. The predicted octanol–water partition coefficient (Wildman–Crippen LogP) is 3.33. The lowest BCUT2D eigenvalue weighted by Crippen LogP contribution is -2.02. The van der Waals surface area contributed by atoms with E-state index in [-0.39, 0.29) is 5.95 Å². The Hall–Kier alpha value is -2.99. The third kappa shape index (κ3) is 2.37. The van der Waals surface area contributed by atoms with Crippen molar-refractivity contribution in [3.63, 3.8) is 0 Å². The van der Waals surface area contributed by atoms with Crippen LogP contribution < -0.4 is 5.73 Å². The van der Waals surface area contributed by atoms with Crippen LogP contribution in [0.25, 0.3) is 33.5 Å². The van der Waals surface area contributed by atoms with Gasteiger partial charge in [0.2, 0.25) is 5.95 Å². The van der Waals surface area contributed by atoms with Gasteiger partial charge in [0.25, 0.3) is 0 Å². The lowest BCUT2D eigenvalue weighted by atomic mass is 10.1. The smallest absolute Gasteiger partial charge is 0.240 e. The molecule has 4 aromatic rings. The molecular weight excluding hydrogens is 324 g/mol. The molecule has 7 heteroatoms. The number of aryl methyl sites for hydroxylation is 1. The van der Waals surface area contributed by atoms with Gasteiger partial charge in [-0.2, -0.15) is 0 Å². The number of hydrogen-bond donors (Lipinski definition) is 1. The highest BCUT2D eigenvalue weighted by Gasteiger charge is 2.18. The van der Waals surface area contributed by atoms with Crippen LogP contribution in [0.1, 0.15) is 0 Å². The Kier molecular flexibility index (Phi) is 3.39. The van der Waals surface area contributed by atoms with Gasteiger partial charge in [-0.25, -0.2) is 4.98 Å². The molecule has 0 fully saturated rings. The van der Waals surface area contributed by atoms with Crippen molar-refractivity contribution in [2.75, 3.05) is 5.73 Å². The van der Waals surface area contributed by atoms with Gasteiger partial charge in [0, 0.05) is 40.9 Å². The Morgan fingerprint density at radius 2 is 1.96 bits per heavy atom. The molecule has 4 rings (SSSR count). The summed E-state index contributed by atoms with van der Waals surface area (Å²) in [5.41, 5.74) is 9.61. The SMILES string of the molecule is Cn1cc(-c2nc(N)nnc2-c2ccccn2)c2cc(Cl)ccc21. The van der Waals surface area contributed by atoms with Gasteiger partial charge in [-0.3, -0.25) is 4.98 Å². The van der Waals surface area contributed by atoms with Gasteiger partial charge in [0.1, 0.15) is 11.4 Å². The van der Waals surface area contributed by atoms with E-state index in [4.69, 9.17) is 17.3 Å². The van der Waals surface area contributed by atoms with E-state index in [0.29, 0.717) is 22.1 Å². The van der Waals surface area contributed by atoms with Gasteiger partial charge in [0.05, 0.1) is 5.69 Å². The van der Waals surface area contributed by atoms with E-state index >= 15 is 0 Å². The monoisotopic (exact) mass is 336 g/mol. The molecule has 0 radical (unpaired) electrons. The number of nitrogen functional groups attached to an aromatic ring is 1. The van der Waals surface area contributed by atoms with Crippen LogP contribution in [0, 0.1) is 0 Å². The van der Waals surface area contributed by atoms with Crippen LogP contribution in [0.2, 0.25) is 5.02 Å². The number of nitrogens with zero attached hydrogens (tertiary/aromatic N) is 5. The number of rotatable bonds is 2. The minimum atomic E-state index is 0.115. The van der Waals surface area contributed by atoms with Gasteiger partial charge < -0.3 is 10.3 Å². The molecule has 0 saturated heterocycles. The molecule has 1 aromatic carbocycles. The number of fused-ring (bicyclic) bond motifs is 1. The van der Waals surface area contributed by atoms with Gasteiger partial charge in [-0.15, -0.1) is 10.2 Å². The largest absolute Gasteiger partial charge is 0.366 e. The molecule has 0 aliphatic rings. The second-order valence-corrected chi connectivity index (χ2v) is 5.83. The summed E-state index contributed by atoms with van der Waals surface area (Å²) in [6.07, 6.45) is 3.69. The third-order valence-electron chi connectivity index (χ3n) is 3.82. The summed E-state index contributed by atoms with van der Waals surface area (Å²) in [5.74, 6) is 0.115. The standard InChI is InChI=1S/C17H13ClN6/c1-24-9-12(11-8-10(18)5-6-14(11)24)15-16(22-23-17(19)21-15)13-4-2-3-7-20-13/h2-9H,1H3,(H2,19,21,23). The lowest BCUT2D eigenvalue weighted by molar-refractivity contribution is 0.964. The first-order valence-corrected chi connectivity index (χ1v) is 7.68. The lowest BCUT2D eigenvalue weighted by Gasteiger charge is -2.06. The van der Waals surface area contributed by atoms with Crippen LogP contribution in [0.3, 0.4) is 0 Å². The second-order valence-electron chi connectivity index (χ2n) is 5.40. The summed E-state index contributed by atoms with van der Waals surface area (Å²) >= 11 is 6.18. The minimum absolute atomic E-state index is 0.115.